The van der Waals surface area contributed by atoms with Crippen molar-refractivity contribution in [3.63, 3.8) is 0 Å². The fourth-order valence-corrected chi connectivity index (χ4v) is 1.86. The molecule has 0 radical (unpaired) electrons. The maximum atomic E-state index is 13.3. The van der Waals surface area contributed by atoms with Crippen molar-refractivity contribution in [3.8, 4) is 0 Å². The molecule has 0 amide bonds. The summed E-state index contributed by atoms with van der Waals surface area (Å²) in [6, 6.07) is 3.09. The number of hydrogen-bond acceptors (Lipinski definition) is 4. The Hall–Kier alpha value is -1.98. The highest BCUT2D eigenvalue weighted by molar-refractivity contribution is 5.80. The number of halogens is 1. The molecule has 0 spiro atoms. The van der Waals surface area contributed by atoms with Crippen molar-refractivity contribution < 1.29 is 18.8 Å². The third-order valence-corrected chi connectivity index (χ3v) is 2.66. The molecule has 20 heavy (non-hydrogen) atoms. The van der Waals surface area contributed by atoms with Crippen LogP contribution in [-0.4, -0.2) is 16.5 Å². The van der Waals surface area contributed by atoms with E-state index in [1.54, 1.807) is 27.7 Å². The number of nitrogens with zero attached hydrogens (tertiary/aromatic N) is 1. The quantitative estimate of drug-likeness (QED) is 0.481. The summed E-state index contributed by atoms with van der Waals surface area (Å²) in [4.78, 5) is 22.5. The van der Waals surface area contributed by atoms with Crippen molar-refractivity contribution in [1.29, 1.82) is 0 Å². The maximum absolute atomic E-state index is 13.3. The van der Waals surface area contributed by atoms with Crippen LogP contribution in [0.15, 0.2) is 18.2 Å². The molecule has 0 saturated carbocycles. The first-order valence-corrected chi connectivity index (χ1v) is 6.32. The lowest BCUT2D eigenvalue weighted by atomic mass is 9.94. The molecule has 0 heterocycles. The van der Waals surface area contributed by atoms with Crippen molar-refractivity contribution in [2.24, 2.45) is 0 Å². The van der Waals surface area contributed by atoms with Crippen molar-refractivity contribution in [2.45, 2.75) is 45.6 Å². The second-order valence-corrected chi connectivity index (χ2v) is 5.45. The van der Waals surface area contributed by atoms with Crippen LogP contribution in [0.1, 0.15) is 45.6 Å². The summed E-state index contributed by atoms with van der Waals surface area (Å²) >= 11 is 0. The maximum Gasteiger partial charge on any atom is 0.314 e. The third kappa shape index (κ3) is 4.01. The molecule has 0 aliphatic heterocycles. The zero-order chi connectivity index (χ0) is 15.5. The standard InChI is InChI=1S/C14H18FNO4/c1-5-10(13(17)20-14(2,3)4)11-8-9(15)6-7-12(11)16(18)19/h6-8,10H,5H2,1-4H3. The number of nitro groups is 1. The lowest BCUT2D eigenvalue weighted by Crippen LogP contribution is -2.28. The van der Waals surface area contributed by atoms with Crippen LogP contribution >= 0.6 is 0 Å². The summed E-state index contributed by atoms with van der Waals surface area (Å²) < 4.78 is 18.6. The highest BCUT2D eigenvalue weighted by Gasteiger charge is 2.30. The summed E-state index contributed by atoms with van der Waals surface area (Å²) in [6.07, 6.45) is 0.291. The predicted octanol–water partition coefficient (Wildman–Crippen LogP) is 3.57. The monoisotopic (exact) mass is 283 g/mol. The average molecular weight is 283 g/mol. The number of rotatable bonds is 4. The van der Waals surface area contributed by atoms with Crippen molar-refractivity contribution in [1.82, 2.24) is 0 Å². The molecule has 1 aromatic rings. The van der Waals surface area contributed by atoms with Crippen molar-refractivity contribution >= 4 is 11.7 Å². The highest BCUT2D eigenvalue weighted by Crippen LogP contribution is 2.31. The smallest absolute Gasteiger partial charge is 0.314 e. The topological polar surface area (TPSA) is 69.4 Å². The van der Waals surface area contributed by atoms with E-state index in [-0.39, 0.29) is 11.3 Å². The van der Waals surface area contributed by atoms with Gasteiger partial charge in [-0.1, -0.05) is 6.92 Å². The van der Waals surface area contributed by atoms with Gasteiger partial charge < -0.3 is 4.74 Å². The number of esters is 1. The summed E-state index contributed by atoms with van der Waals surface area (Å²) in [5.41, 5.74) is -0.928. The van der Waals surface area contributed by atoms with E-state index in [9.17, 15) is 19.3 Å². The zero-order valence-corrected chi connectivity index (χ0v) is 12.0. The first-order valence-electron chi connectivity index (χ1n) is 6.32. The van der Waals surface area contributed by atoms with Crippen LogP contribution < -0.4 is 0 Å². The molecule has 1 aromatic carbocycles. The molecule has 0 bridgehead atoms. The van der Waals surface area contributed by atoms with E-state index in [2.05, 4.69) is 0 Å². The van der Waals surface area contributed by atoms with E-state index in [0.29, 0.717) is 6.42 Å². The summed E-state index contributed by atoms with van der Waals surface area (Å²) in [6.45, 7) is 6.82. The molecule has 0 aromatic heterocycles. The van der Waals surface area contributed by atoms with E-state index in [0.717, 1.165) is 18.2 Å². The molecule has 0 aliphatic rings. The average Bonchev–Trinajstić information content (AvgIpc) is 2.27. The molecule has 0 saturated heterocycles. The Morgan fingerprint density at radius 1 is 1.45 bits per heavy atom. The number of carbonyl (C=O) groups excluding carboxylic acids is 1. The Bertz CT molecular complexity index is 522. The van der Waals surface area contributed by atoms with E-state index >= 15 is 0 Å². The van der Waals surface area contributed by atoms with Gasteiger partial charge in [0.1, 0.15) is 11.4 Å². The van der Waals surface area contributed by atoms with Crippen LogP contribution in [0.3, 0.4) is 0 Å². The Kier molecular flexibility index (Phi) is 4.81. The molecule has 1 atom stereocenters. The number of hydrogen-bond donors (Lipinski definition) is 0. The minimum Gasteiger partial charge on any atom is -0.459 e. The van der Waals surface area contributed by atoms with Gasteiger partial charge in [-0.15, -0.1) is 0 Å². The fraction of sp³-hybridized carbons (Fsp3) is 0.500. The molecular weight excluding hydrogens is 265 g/mol. The minimum atomic E-state index is -0.856. The highest BCUT2D eigenvalue weighted by atomic mass is 19.1. The molecular formula is C14H18FNO4. The van der Waals surface area contributed by atoms with Gasteiger partial charge >= 0.3 is 5.97 Å². The van der Waals surface area contributed by atoms with Gasteiger partial charge in [0.05, 0.1) is 10.8 Å². The Labute approximate surface area is 116 Å². The third-order valence-electron chi connectivity index (χ3n) is 2.66. The number of carbonyl (C=O) groups is 1. The zero-order valence-electron chi connectivity index (χ0n) is 12.0. The van der Waals surface area contributed by atoms with Crippen LogP contribution in [-0.2, 0) is 9.53 Å². The van der Waals surface area contributed by atoms with Gasteiger partial charge in [0, 0.05) is 11.6 Å². The van der Waals surface area contributed by atoms with Gasteiger partial charge in [-0.3, -0.25) is 14.9 Å². The number of nitro benzene ring substituents is 1. The molecule has 110 valence electrons. The van der Waals surface area contributed by atoms with E-state index in [1.807, 2.05) is 0 Å². The largest absolute Gasteiger partial charge is 0.459 e. The van der Waals surface area contributed by atoms with Crippen molar-refractivity contribution in [2.75, 3.05) is 0 Å². The molecule has 6 heteroatoms. The number of benzene rings is 1. The van der Waals surface area contributed by atoms with Gasteiger partial charge in [-0.25, -0.2) is 4.39 Å². The lowest BCUT2D eigenvalue weighted by Gasteiger charge is -2.23. The van der Waals surface area contributed by atoms with Gasteiger partial charge in [-0.2, -0.15) is 0 Å². The number of ether oxygens (including phenoxy) is 1. The van der Waals surface area contributed by atoms with E-state index in [4.69, 9.17) is 4.74 Å². The first-order chi connectivity index (χ1) is 9.15. The van der Waals surface area contributed by atoms with Crippen LogP contribution in [0.25, 0.3) is 0 Å². The summed E-state index contributed by atoms with van der Waals surface area (Å²) in [7, 11) is 0. The second kappa shape index (κ2) is 5.98. The molecule has 0 fully saturated rings. The predicted molar refractivity (Wildman–Crippen MR) is 71.9 cm³/mol. The Morgan fingerprint density at radius 3 is 2.50 bits per heavy atom. The normalized spacial score (nSPS) is 12.8. The molecule has 1 rings (SSSR count). The van der Waals surface area contributed by atoms with Gasteiger partial charge in [0.25, 0.3) is 5.69 Å². The molecule has 0 N–H and O–H groups in total. The van der Waals surface area contributed by atoms with Crippen molar-refractivity contribution in [3.05, 3.63) is 39.7 Å². The molecule has 0 aliphatic carbocycles. The van der Waals surface area contributed by atoms with E-state index in [1.165, 1.54) is 0 Å². The van der Waals surface area contributed by atoms with Gasteiger partial charge in [-0.05, 0) is 39.3 Å². The van der Waals surface area contributed by atoms with Gasteiger partial charge in [0.15, 0.2) is 0 Å². The summed E-state index contributed by atoms with van der Waals surface area (Å²) in [5, 5.41) is 11.0. The fourth-order valence-electron chi connectivity index (χ4n) is 1.86. The summed E-state index contributed by atoms with van der Waals surface area (Å²) in [5.74, 6) is -2.06. The van der Waals surface area contributed by atoms with Crippen LogP contribution in [0.4, 0.5) is 10.1 Å². The second-order valence-electron chi connectivity index (χ2n) is 5.45. The van der Waals surface area contributed by atoms with Crippen LogP contribution in [0.5, 0.6) is 0 Å². The van der Waals surface area contributed by atoms with E-state index < -0.39 is 28.2 Å². The Morgan fingerprint density at radius 2 is 2.05 bits per heavy atom. The molecule has 5 nitrogen and oxygen atoms in total. The lowest BCUT2D eigenvalue weighted by molar-refractivity contribution is -0.385. The van der Waals surface area contributed by atoms with Gasteiger partial charge in [0.2, 0.25) is 0 Å². The SMILES string of the molecule is CCC(C(=O)OC(C)(C)C)c1cc(F)ccc1[N+](=O)[O-]. The first kappa shape index (κ1) is 16.1. The molecule has 1 unspecified atom stereocenters. The van der Waals surface area contributed by atoms with Crippen LogP contribution in [0.2, 0.25) is 0 Å². The minimum absolute atomic E-state index is 0.0479. The Balaban J connectivity index is 3.21. The van der Waals surface area contributed by atoms with Crippen LogP contribution in [0, 0.1) is 15.9 Å².